The minimum Gasteiger partial charge on any atom is -0.312 e. The SMILES string of the molecule is CC.CC(C)N[C@@H]1CCN[C@H](c2cccc(F)c2)C1.[HH]. The zero-order valence-electron chi connectivity index (χ0n) is 12.5. The Morgan fingerprint density at radius 1 is 1.37 bits per heavy atom. The van der Waals surface area contributed by atoms with Crippen molar-refractivity contribution in [2.45, 2.75) is 58.7 Å². The fraction of sp³-hybridized carbons (Fsp3) is 0.625. The van der Waals surface area contributed by atoms with Crippen LogP contribution in [0.1, 0.15) is 53.6 Å². The number of benzene rings is 1. The van der Waals surface area contributed by atoms with Gasteiger partial charge in [-0.3, -0.25) is 0 Å². The molecule has 2 atom stereocenters. The highest BCUT2D eigenvalue weighted by Crippen LogP contribution is 2.23. The van der Waals surface area contributed by atoms with Gasteiger partial charge >= 0.3 is 0 Å². The fourth-order valence-corrected chi connectivity index (χ4v) is 2.52. The summed E-state index contributed by atoms with van der Waals surface area (Å²) in [6.45, 7) is 9.32. The van der Waals surface area contributed by atoms with Gasteiger partial charge in [0.05, 0.1) is 0 Å². The summed E-state index contributed by atoms with van der Waals surface area (Å²) in [5.74, 6) is -0.150. The lowest BCUT2D eigenvalue weighted by Gasteiger charge is -2.32. The Hall–Kier alpha value is -0.930. The molecular formula is C16H29FN2. The summed E-state index contributed by atoms with van der Waals surface area (Å²) in [6, 6.07) is 8.22. The molecule has 1 saturated heterocycles. The van der Waals surface area contributed by atoms with Crippen LogP contribution in [-0.2, 0) is 0 Å². The molecule has 0 amide bonds. The minimum atomic E-state index is -0.150. The molecular weight excluding hydrogens is 239 g/mol. The van der Waals surface area contributed by atoms with Crippen LogP contribution >= 0.6 is 0 Å². The first-order valence-corrected chi connectivity index (χ1v) is 7.40. The van der Waals surface area contributed by atoms with Gasteiger partial charge in [-0.15, -0.1) is 0 Å². The number of hydrogen-bond donors (Lipinski definition) is 2. The molecule has 0 radical (unpaired) electrons. The van der Waals surface area contributed by atoms with Crippen molar-refractivity contribution in [3.05, 3.63) is 35.6 Å². The molecule has 0 bridgehead atoms. The molecule has 0 saturated carbocycles. The van der Waals surface area contributed by atoms with Gasteiger partial charge in [0.25, 0.3) is 0 Å². The van der Waals surface area contributed by atoms with E-state index in [0.717, 1.165) is 24.9 Å². The van der Waals surface area contributed by atoms with Gasteiger partial charge in [0.15, 0.2) is 0 Å². The van der Waals surface area contributed by atoms with E-state index in [4.69, 9.17) is 0 Å². The predicted molar refractivity (Wildman–Crippen MR) is 81.9 cm³/mol. The smallest absolute Gasteiger partial charge is 0.123 e. The van der Waals surface area contributed by atoms with E-state index in [1.807, 2.05) is 19.9 Å². The topological polar surface area (TPSA) is 24.1 Å². The van der Waals surface area contributed by atoms with Crippen LogP contribution in [-0.4, -0.2) is 18.6 Å². The highest BCUT2D eigenvalue weighted by Gasteiger charge is 2.22. The highest BCUT2D eigenvalue weighted by atomic mass is 19.1. The third-order valence-corrected chi connectivity index (χ3v) is 3.22. The van der Waals surface area contributed by atoms with E-state index in [9.17, 15) is 4.39 Å². The maximum Gasteiger partial charge on any atom is 0.123 e. The van der Waals surface area contributed by atoms with Crippen LogP contribution < -0.4 is 10.6 Å². The summed E-state index contributed by atoms with van der Waals surface area (Å²) in [5.41, 5.74) is 1.06. The lowest BCUT2D eigenvalue weighted by molar-refractivity contribution is 0.308. The number of nitrogens with one attached hydrogen (secondary N) is 2. The van der Waals surface area contributed by atoms with Crippen molar-refractivity contribution in [1.29, 1.82) is 0 Å². The van der Waals surface area contributed by atoms with Crippen molar-refractivity contribution < 1.29 is 5.82 Å². The lowest BCUT2D eigenvalue weighted by atomic mass is 9.93. The van der Waals surface area contributed by atoms with E-state index in [1.54, 1.807) is 12.1 Å². The maximum atomic E-state index is 13.2. The van der Waals surface area contributed by atoms with Crippen LogP contribution in [0.4, 0.5) is 4.39 Å². The van der Waals surface area contributed by atoms with E-state index in [1.165, 1.54) is 6.07 Å². The molecule has 2 rings (SSSR count). The summed E-state index contributed by atoms with van der Waals surface area (Å²) >= 11 is 0. The molecule has 0 aliphatic carbocycles. The van der Waals surface area contributed by atoms with Crippen LogP contribution in [0.2, 0.25) is 0 Å². The van der Waals surface area contributed by atoms with Gasteiger partial charge in [0.1, 0.15) is 5.82 Å². The van der Waals surface area contributed by atoms with Gasteiger partial charge in [-0.25, -0.2) is 4.39 Å². The molecule has 2 N–H and O–H groups in total. The minimum absolute atomic E-state index is 0. The molecule has 1 fully saturated rings. The number of piperidine rings is 1. The Labute approximate surface area is 118 Å². The third kappa shape index (κ3) is 5.29. The summed E-state index contributed by atoms with van der Waals surface area (Å²) in [4.78, 5) is 0. The van der Waals surface area contributed by atoms with Gasteiger partial charge in [-0.1, -0.05) is 39.8 Å². The molecule has 2 nitrogen and oxygen atoms in total. The second kappa shape index (κ2) is 8.28. The normalized spacial score (nSPS) is 22.8. The molecule has 0 unspecified atom stereocenters. The van der Waals surface area contributed by atoms with E-state index in [2.05, 4.69) is 24.5 Å². The molecule has 1 aliphatic rings. The molecule has 1 aliphatic heterocycles. The summed E-state index contributed by atoms with van der Waals surface area (Å²) in [7, 11) is 0. The average Bonchev–Trinajstić information content (AvgIpc) is 2.41. The molecule has 1 aromatic rings. The summed E-state index contributed by atoms with van der Waals surface area (Å²) in [5, 5.41) is 7.02. The zero-order valence-corrected chi connectivity index (χ0v) is 12.5. The molecule has 1 heterocycles. The third-order valence-electron chi connectivity index (χ3n) is 3.22. The second-order valence-electron chi connectivity index (χ2n) is 5.10. The maximum absolute atomic E-state index is 13.2. The van der Waals surface area contributed by atoms with Crippen LogP contribution in [0.15, 0.2) is 24.3 Å². The van der Waals surface area contributed by atoms with Gasteiger partial charge in [-0.05, 0) is 37.1 Å². The molecule has 19 heavy (non-hydrogen) atoms. The van der Waals surface area contributed by atoms with Crippen LogP contribution in [0, 0.1) is 5.82 Å². The standard InChI is InChI=1S/C14H21FN2.C2H6.H2/c1-10(2)17-13-6-7-16-14(9-13)11-4-3-5-12(15)8-11;1-2;/h3-5,8,10,13-14,16-17H,6-7,9H2,1-2H3;1-2H3;1H/t13-,14+;;/m1../s1. The monoisotopic (exact) mass is 268 g/mol. The number of hydrogen-bond acceptors (Lipinski definition) is 2. The first-order valence-electron chi connectivity index (χ1n) is 7.40. The van der Waals surface area contributed by atoms with E-state index < -0.39 is 0 Å². The van der Waals surface area contributed by atoms with E-state index in [0.29, 0.717) is 12.1 Å². The van der Waals surface area contributed by atoms with Gasteiger partial charge in [-0.2, -0.15) is 0 Å². The first-order chi connectivity index (χ1) is 9.15. The summed E-state index contributed by atoms with van der Waals surface area (Å²) < 4.78 is 13.2. The van der Waals surface area contributed by atoms with Crippen LogP contribution in [0.5, 0.6) is 0 Å². The predicted octanol–water partition coefficient (Wildman–Crippen LogP) is 3.89. The Bertz CT molecular complexity index is 371. The molecule has 110 valence electrons. The summed E-state index contributed by atoms with van der Waals surface area (Å²) in [6.07, 6.45) is 2.17. The quantitative estimate of drug-likeness (QED) is 0.869. The highest BCUT2D eigenvalue weighted by molar-refractivity contribution is 5.21. The lowest BCUT2D eigenvalue weighted by Crippen LogP contribution is -2.44. The van der Waals surface area contributed by atoms with Crippen molar-refractivity contribution in [2.75, 3.05) is 6.54 Å². The van der Waals surface area contributed by atoms with Crippen molar-refractivity contribution in [1.82, 2.24) is 10.6 Å². The number of rotatable bonds is 3. The van der Waals surface area contributed by atoms with Gasteiger partial charge < -0.3 is 10.6 Å². The molecule has 0 aromatic heterocycles. The van der Waals surface area contributed by atoms with Gasteiger partial charge in [0.2, 0.25) is 0 Å². The fourth-order valence-electron chi connectivity index (χ4n) is 2.52. The average molecular weight is 268 g/mol. The van der Waals surface area contributed by atoms with Crippen molar-refractivity contribution in [2.24, 2.45) is 0 Å². The molecule has 3 heteroatoms. The van der Waals surface area contributed by atoms with Crippen molar-refractivity contribution in [3.8, 4) is 0 Å². The molecule has 1 aromatic carbocycles. The Morgan fingerprint density at radius 3 is 2.74 bits per heavy atom. The number of halogens is 1. The van der Waals surface area contributed by atoms with Crippen molar-refractivity contribution >= 4 is 0 Å². The van der Waals surface area contributed by atoms with Crippen LogP contribution in [0.3, 0.4) is 0 Å². The van der Waals surface area contributed by atoms with Gasteiger partial charge in [0, 0.05) is 19.6 Å². The molecule has 0 spiro atoms. The van der Waals surface area contributed by atoms with E-state index >= 15 is 0 Å². The van der Waals surface area contributed by atoms with E-state index in [-0.39, 0.29) is 13.3 Å². The Kier molecular flexibility index (Phi) is 7.03. The Morgan fingerprint density at radius 2 is 2.11 bits per heavy atom. The largest absolute Gasteiger partial charge is 0.312 e. The Balaban J connectivity index is 0.00000115. The first kappa shape index (κ1) is 16.1. The van der Waals surface area contributed by atoms with Crippen LogP contribution in [0.25, 0.3) is 0 Å². The zero-order chi connectivity index (χ0) is 14.3. The van der Waals surface area contributed by atoms with Crippen molar-refractivity contribution in [3.63, 3.8) is 0 Å². The second-order valence-corrected chi connectivity index (χ2v) is 5.10.